The van der Waals surface area contributed by atoms with E-state index >= 15 is 0 Å². The Kier molecular flexibility index (Phi) is 3.48. The summed E-state index contributed by atoms with van der Waals surface area (Å²) >= 11 is 6.20. The van der Waals surface area contributed by atoms with Gasteiger partial charge in [0, 0.05) is 22.9 Å². The van der Waals surface area contributed by atoms with Gasteiger partial charge in [0.05, 0.1) is 6.61 Å². The molecule has 17 heavy (non-hydrogen) atoms. The van der Waals surface area contributed by atoms with E-state index in [9.17, 15) is 0 Å². The first-order chi connectivity index (χ1) is 8.04. The maximum Gasteiger partial charge on any atom is 0.215 e. The van der Waals surface area contributed by atoms with Gasteiger partial charge < -0.3 is 10.1 Å². The minimum atomic E-state index is 0.116. The molecule has 0 amide bonds. The summed E-state index contributed by atoms with van der Waals surface area (Å²) in [6.45, 7) is 6.94. The zero-order chi connectivity index (χ0) is 12.5. The number of nitrogens with zero attached hydrogens (tertiary/aromatic N) is 1. The standard InChI is InChI=1S/C13H19ClN2O/c1-4-17-12-7-5-6-11(16-12)15-10-8-9(14)13(10,2)3/h5-7,9-10H,4,8H2,1-3H3,(H,15,16). The van der Waals surface area contributed by atoms with E-state index in [2.05, 4.69) is 24.1 Å². The molecule has 4 heteroatoms. The van der Waals surface area contributed by atoms with E-state index < -0.39 is 0 Å². The van der Waals surface area contributed by atoms with Crippen molar-refractivity contribution in [3.05, 3.63) is 18.2 Å². The van der Waals surface area contributed by atoms with Crippen LogP contribution in [-0.4, -0.2) is 23.0 Å². The first-order valence-electron chi connectivity index (χ1n) is 6.04. The van der Waals surface area contributed by atoms with Crippen molar-refractivity contribution in [1.29, 1.82) is 0 Å². The molecule has 0 bridgehead atoms. The molecule has 1 saturated carbocycles. The normalized spacial score (nSPS) is 26.1. The average molecular weight is 255 g/mol. The summed E-state index contributed by atoms with van der Waals surface area (Å²) in [5, 5.41) is 3.67. The summed E-state index contributed by atoms with van der Waals surface area (Å²) in [5.41, 5.74) is 0.116. The van der Waals surface area contributed by atoms with Crippen LogP contribution in [0.2, 0.25) is 0 Å². The van der Waals surface area contributed by atoms with E-state index in [1.807, 2.05) is 25.1 Å². The maximum atomic E-state index is 6.20. The van der Waals surface area contributed by atoms with Crippen LogP contribution in [0.3, 0.4) is 0 Å². The molecule has 1 aromatic rings. The summed E-state index contributed by atoms with van der Waals surface area (Å²) < 4.78 is 5.38. The molecular formula is C13H19ClN2O. The molecule has 0 spiro atoms. The SMILES string of the molecule is CCOc1cccc(NC2CC(Cl)C2(C)C)n1. The zero-order valence-corrected chi connectivity index (χ0v) is 11.3. The number of alkyl halides is 1. The monoisotopic (exact) mass is 254 g/mol. The molecule has 2 rings (SSSR count). The van der Waals surface area contributed by atoms with Gasteiger partial charge in [-0.2, -0.15) is 4.98 Å². The number of rotatable bonds is 4. The maximum absolute atomic E-state index is 6.20. The minimum Gasteiger partial charge on any atom is -0.478 e. The van der Waals surface area contributed by atoms with Gasteiger partial charge in [-0.3, -0.25) is 0 Å². The van der Waals surface area contributed by atoms with Gasteiger partial charge in [-0.1, -0.05) is 19.9 Å². The molecular weight excluding hydrogens is 236 g/mol. The largest absolute Gasteiger partial charge is 0.478 e. The van der Waals surface area contributed by atoms with Gasteiger partial charge in [0.2, 0.25) is 5.88 Å². The highest BCUT2D eigenvalue weighted by Gasteiger charge is 2.47. The zero-order valence-electron chi connectivity index (χ0n) is 10.5. The van der Waals surface area contributed by atoms with Crippen molar-refractivity contribution in [3.63, 3.8) is 0 Å². The fourth-order valence-electron chi connectivity index (χ4n) is 2.02. The van der Waals surface area contributed by atoms with Crippen LogP contribution in [0.15, 0.2) is 18.2 Å². The molecule has 1 heterocycles. The summed E-state index contributed by atoms with van der Waals surface area (Å²) in [5.74, 6) is 1.52. The second kappa shape index (κ2) is 4.73. The molecule has 1 aliphatic rings. The van der Waals surface area contributed by atoms with Crippen LogP contribution in [0, 0.1) is 5.41 Å². The Hall–Kier alpha value is -0.960. The smallest absolute Gasteiger partial charge is 0.215 e. The van der Waals surface area contributed by atoms with Crippen LogP contribution in [-0.2, 0) is 0 Å². The van der Waals surface area contributed by atoms with Gasteiger partial charge >= 0.3 is 0 Å². The van der Waals surface area contributed by atoms with Gasteiger partial charge in [0.1, 0.15) is 5.82 Å². The van der Waals surface area contributed by atoms with Crippen LogP contribution in [0.5, 0.6) is 5.88 Å². The van der Waals surface area contributed by atoms with Crippen molar-refractivity contribution >= 4 is 17.4 Å². The predicted octanol–water partition coefficient (Wildman–Crippen LogP) is 3.30. The van der Waals surface area contributed by atoms with Crippen molar-refractivity contribution in [2.75, 3.05) is 11.9 Å². The highest BCUT2D eigenvalue weighted by Crippen LogP contribution is 2.45. The third-order valence-electron chi connectivity index (χ3n) is 3.49. The number of aromatic nitrogens is 1. The summed E-state index contributed by atoms with van der Waals surface area (Å²) in [6.07, 6.45) is 0.981. The lowest BCUT2D eigenvalue weighted by atomic mass is 9.67. The lowest BCUT2D eigenvalue weighted by Crippen LogP contribution is -2.54. The van der Waals surface area contributed by atoms with Crippen LogP contribution in [0.4, 0.5) is 5.82 Å². The number of anilines is 1. The van der Waals surface area contributed by atoms with E-state index in [0.717, 1.165) is 12.2 Å². The van der Waals surface area contributed by atoms with Crippen molar-refractivity contribution in [1.82, 2.24) is 4.98 Å². The minimum absolute atomic E-state index is 0.116. The number of pyridine rings is 1. The quantitative estimate of drug-likeness (QED) is 0.838. The fourth-order valence-corrected chi connectivity index (χ4v) is 2.35. The van der Waals surface area contributed by atoms with Gasteiger partial charge in [-0.05, 0) is 19.4 Å². The molecule has 3 nitrogen and oxygen atoms in total. The summed E-state index contributed by atoms with van der Waals surface area (Å²) in [4.78, 5) is 4.40. The van der Waals surface area contributed by atoms with Crippen LogP contribution >= 0.6 is 11.6 Å². The number of hydrogen-bond donors (Lipinski definition) is 1. The molecule has 1 aliphatic carbocycles. The number of ether oxygens (including phenoxy) is 1. The molecule has 0 saturated heterocycles. The molecule has 1 N–H and O–H groups in total. The van der Waals surface area contributed by atoms with Crippen molar-refractivity contribution in [2.24, 2.45) is 5.41 Å². The lowest BCUT2D eigenvalue weighted by molar-refractivity contribution is 0.168. The fraction of sp³-hybridized carbons (Fsp3) is 0.615. The van der Waals surface area contributed by atoms with Crippen LogP contribution < -0.4 is 10.1 Å². The molecule has 94 valence electrons. The third kappa shape index (κ3) is 2.49. The van der Waals surface area contributed by atoms with E-state index in [-0.39, 0.29) is 10.8 Å². The van der Waals surface area contributed by atoms with Crippen molar-refractivity contribution < 1.29 is 4.74 Å². The Morgan fingerprint density at radius 1 is 1.53 bits per heavy atom. The molecule has 2 atom stereocenters. The highest BCUT2D eigenvalue weighted by molar-refractivity contribution is 6.21. The van der Waals surface area contributed by atoms with Crippen LogP contribution in [0.25, 0.3) is 0 Å². The molecule has 0 aromatic carbocycles. The Morgan fingerprint density at radius 2 is 2.29 bits per heavy atom. The Morgan fingerprint density at radius 3 is 2.88 bits per heavy atom. The Bertz CT molecular complexity index is 395. The van der Waals surface area contributed by atoms with Gasteiger partial charge in [0.25, 0.3) is 0 Å². The van der Waals surface area contributed by atoms with E-state index in [0.29, 0.717) is 18.5 Å². The first-order valence-corrected chi connectivity index (χ1v) is 6.48. The van der Waals surface area contributed by atoms with Gasteiger partial charge in [0.15, 0.2) is 0 Å². The van der Waals surface area contributed by atoms with Crippen molar-refractivity contribution in [2.45, 2.75) is 38.6 Å². The lowest BCUT2D eigenvalue weighted by Gasteiger charge is -2.49. The van der Waals surface area contributed by atoms with E-state index in [1.165, 1.54) is 0 Å². The summed E-state index contributed by atoms with van der Waals surface area (Å²) in [6, 6.07) is 6.16. The Labute approximate surface area is 108 Å². The number of halogens is 1. The van der Waals surface area contributed by atoms with Crippen LogP contribution in [0.1, 0.15) is 27.2 Å². The number of hydrogen-bond acceptors (Lipinski definition) is 3. The first kappa shape index (κ1) is 12.5. The molecule has 0 aliphatic heterocycles. The second-order valence-electron chi connectivity index (χ2n) is 5.02. The highest BCUT2D eigenvalue weighted by atomic mass is 35.5. The number of nitrogens with one attached hydrogen (secondary N) is 1. The van der Waals surface area contributed by atoms with Gasteiger partial charge in [-0.25, -0.2) is 0 Å². The molecule has 2 unspecified atom stereocenters. The average Bonchev–Trinajstić information content (AvgIpc) is 2.30. The predicted molar refractivity (Wildman–Crippen MR) is 70.9 cm³/mol. The summed E-state index contributed by atoms with van der Waals surface area (Å²) in [7, 11) is 0. The van der Waals surface area contributed by atoms with Gasteiger partial charge in [-0.15, -0.1) is 11.6 Å². The van der Waals surface area contributed by atoms with E-state index in [4.69, 9.17) is 16.3 Å². The molecule has 0 radical (unpaired) electrons. The van der Waals surface area contributed by atoms with Crippen molar-refractivity contribution in [3.8, 4) is 5.88 Å². The Balaban J connectivity index is 2.02. The molecule has 1 fully saturated rings. The van der Waals surface area contributed by atoms with E-state index in [1.54, 1.807) is 0 Å². The third-order valence-corrected chi connectivity index (χ3v) is 4.23. The topological polar surface area (TPSA) is 34.1 Å². The second-order valence-corrected chi connectivity index (χ2v) is 5.54. The molecule has 1 aromatic heterocycles.